The van der Waals surface area contributed by atoms with Crippen LogP contribution in [0.2, 0.25) is 0 Å². The number of carbonyl (C=O) groups is 1. The largest absolute Gasteiger partial charge is 0.372 e. The molecule has 0 saturated carbocycles. The van der Waals surface area contributed by atoms with Crippen LogP contribution in [0.1, 0.15) is 35.3 Å². The second-order valence-electron chi connectivity index (χ2n) is 6.16. The van der Waals surface area contributed by atoms with Crippen LogP contribution < -0.4 is 4.90 Å². The molecular formula is C20H19FN2O2. The molecule has 0 N–H and O–H groups in total. The fourth-order valence-electron chi connectivity index (χ4n) is 2.99. The van der Waals surface area contributed by atoms with Crippen LogP contribution in [0.5, 0.6) is 0 Å². The third-order valence-corrected chi connectivity index (χ3v) is 4.01. The molecule has 1 fully saturated rings. The van der Waals surface area contributed by atoms with Gasteiger partial charge in [0.2, 0.25) is 0 Å². The first kappa shape index (κ1) is 17.1. The lowest BCUT2D eigenvalue weighted by atomic mass is 10.1. The summed E-state index contributed by atoms with van der Waals surface area (Å²) >= 11 is 0. The predicted octanol–water partition coefficient (Wildman–Crippen LogP) is 3.05. The van der Waals surface area contributed by atoms with E-state index in [-0.39, 0.29) is 17.8 Å². The maximum absolute atomic E-state index is 14.5. The van der Waals surface area contributed by atoms with Gasteiger partial charge < -0.3 is 9.64 Å². The van der Waals surface area contributed by atoms with Crippen molar-refractivity contribution in [3.8, 4) is 11.8 Å². The molecule has 1 aliphatic rings. The van der Waals surface area contributed by atoms with Crippen LogP contribution in [0.4, 0.5) is 10.1 Å². The Bertz CT molecular complexity index is 817. The Labute approximate surface area is 146 Å². The van der Waals surface area contributed by atoms with Gasteiger partial charge in [-0.15, -0.1) is 0 Å². The average Bonchev–Trinajstić information content (AvgIpc) is 2.60. The Morgan fingerprint density at radius 3 is 2.68 bits per heavy atom. The second-order valence-corrected chi connectivity index (χ2v) is 6.16. The van der Waals surface area contributed by atoms with Crippen LogP contribution in [-0.4, -0.2) is 36.6 Å². The molecule has 1 saturated heterocycles. The Hall–Kier alpha value is -2.71. The van der Waals surface area contributed by atoms with Crippen molar-refractivity contribution in [3.63, 3.8) is 0 Å². The molecule has 25 heavy (non-hydrogen) atoms. The molecule has 3 rings (SSSR count). The number of anilines is 1. The van der Waals surface area contributed by atoms with Crippen molar-refractivity contribution in [3.05, 3.63) is 59.2 Å². The van der Waals surface area contributed by atoms with Gasteiger partial charge in [-0.3, -0.25) is 9.78 Å². The summed E-state index contributed by atoms with van der Waals surface area (Å²) in [5.41, 5.74) is 1.90. The molecule has 1 aromatic carbocycles. The Morgan fingerprint density at radius 2 is 2.04 bits per heavy atom. The highest BCUT2D eigenvalue weighted by Crippen LogP contribution is 2.26. The molecule has 128 valence electrons. The minimum absolute atomic E-state index is 0.0244. The van der Waals surface area contributed by atoms with E-state index >= 15 is 0 Å². The van der Waals surface area contributed by atoms with Gasteiger partial charge in [0.1, 0.15) is 5.82 Å². The number of morpholine rings is 1. The monoisotopic (exact) mass is 338 g/mol. The number of aromatic nitrogens is 1. The predicted molar refractivity (Wildman–Crippen MR) is 94.2 cm³/mol. The topological polar surface area (TPSA) is 42.4 Å². The molecule has 0 unspecified atom stereocenters. The van der Waals surface area contributed by atoms with Gasteiger partial charge in [-0.05, 0) is 38.1 Å². The summed E-state index contributed by atoms with van der Waals surface area (Å²) in [6.45, 7) is 5.16. The summed E-state index contributed by atoms with van der Waals surface area (Å²) in [4.78, 5) is 17.5. The Balaban J connectivity index is 1.94. The lowest BCUT2D eigenvalue weighted by Crippen LogP contribution is -2.45. The zero-order valence-electron chi connectivity index (χ0n) is 14.2. The zero-order chi connectivity index (χ0) is 17.8. The number of rotatable bonds is 2. The number of carbonyl (C=O) groups excluding carboxylic acids is 1. The van der Waals surface area contributed by atoms with E-state index in [4.69, 9.17) is 4.74 Å². The number of halogens is 1. The van der Waals surface area contributed by atoms with Crippen molar-refractivity contribution in [2.75, 3.05) is 18.0 Å². The number of hydrogen-bond donors (Lipinski definition) is 0. The van der Waals surface area contributed by atoms with Gasteiger partial charge in [0, 0.05) is 36.6 Å². The summed E-state index contributed by atoms with van der Waals surface area (Å²) < 4.78 is 20.2. The van der Waals surface area contributed by atoms with Crippen LogP contribution in [0.15, 0.2) is 36.7 Å². The summed E-state index contributed by atoms with van der Waals surface area (Å²) in [5.74, 6) is 5.21. The highest BCUT2D eigenvalue weighted by molar-refractivity contribution is 5.85. The first-order chi connectivity index (χ1) is 12.1. The standard InChI is InChI=1S/C20H19FN2O2/c1-14-11-23(12-15(2)25-14)20-9-19(21)17(8-18(20)13-24)6-5-16-4-3-7-22-10-16/h3-4,7-10,13-15H,11-12H2,1-2H3/t14-,15+. The molecule has 1 aliphatic heterocycles. The number of aldehydes is 1. The molecule has 4 nitrogen and oxygen atoms in total. The molecular weight excluding hydrogens is 319 g/mol. The van der Waals surface area contributed by atoms with E-state index in [1.807, 2.05) is 18.7 Å². The van der Waals surface area contributed by atoms with Gasteiger partial charge in [0.05, 0.1) is 23.5 Å². The van der Waals surface area contributed by atoms with Gasteiger partial charge in [-0.25, -0.2) is 4.39 Å². The lowest BCUT2D eigenvalue weighted by molar-refractivity contribution is -0.00527. The van der Waals surface area contributed by atoms with Gasteiger partial charge in [-0.2, -0.15) is 0 Å². The minimum atomic E-state index is -0.441. The summed E-state index contributed by atoms with van der Waals surface area (Å²) in [5, 5.41) is 0. The van der Waals surface area contributed by atoms with Crippen molar-refractivity contribution in [2.24, 2.45) is 0 Å². The lowest BCUT2D eigenvalue weighted by Gasteiger charge is -2.37. The van der Waals surface area contributed by atoms with Gasteiger partial charge in [0.25, 0.3) is 0 Å². The summed E-state index contributed by atoms with van der Waals surface area (Å²) in [6, 6.07) is 6.46. The molecule has 0 spiro atoms. The van der Waals surface area contributed by atoms with Crippen molar-refractivity contribution < 1.29 is 13.9 Å². The smallest absolute Gasteiger partial charge is 0.152 e. The molecule has 2 aromatic rings. The van der Waals surface area contributed by atoms with Gasteiger partial charge in [0.15, 0.2) is 6.29 Å². The number of nitrogens with zero attached hydrogens (tertiary/aromatic N) is 2. The van der Waals surface area contributed by atoms with Crippen molar-refractivity contribution >= 4 is 12.0 Å². The van der Waals surface area contributed by atoms with E-state index in [1.54, 1.807) is 24.5 Å². The minimum Gasteiger partial charge on any atom is -0.372 e. The molecule has 2 atom stereocenters. The molecule has 5 heteroatoms. The van der Waals surface area contributed by atoms with E-state index in [0.717, 1.165) is 6.29 Å². The fourth-order valence-corrected chi connectivity index (χ4v) is 2.99. The fraction of sp³-hybridized carbons (Fsp3) is 0.300. The number of pyridine rings is 1. The van der Waals surface area contributed by atoms with Crippen molar-refractivity contribution in [1.29, 1.82) is 0 Å². The SMILES string of the molecule is C[C@@H]1CN(c2cc(F)c(C#Cc3cccnc3)cc2C=O)C[C@H](C)O1. The van der Waals surface area contributed by atoms with Crippen LogP contribution in [0.3, 0.4) is 0 Å². The number of hydrogen-bond acceptors (Lipinski definition) is 4. The quantitative estimate of drug-likeness (QED) is 0.623. The molecule has 0 bridgehead atoms. The first-order valence-electron chi connectivity index (χ1n) is 8.18. The maximum atomic E-state index is 14.5. The number of ether oxygens (including phenoxy) is 1. The average molecular weight is 338 g/mol. The van der Waals surface area contributed by atoms with E-state index in [9.17, 15) is 9.18 Å². The van der Waals surface area contributed by atoms with Gasteiger partial charge in [-0.1, -0.05) is 11.8 Å². The van der Waals surface area contributed by atoms with Crippen molar-refractivity contribution in [1.82, 2.24) is 4.98 Å². The third kappa shape index (κ3) is 4.04. The highest BCUT2D eigenvalue weighted by Gasteiger charge is 2.24. The van der Waals surface area contributed by atoms with E-state index in [0.29, 0.717) is 29.9 Å². The number of benzene rings is 1. The summed E-state index contributed by atoms with van der Waals surface area (Å²) in [7, 11) is 0. The van der Waals surface area contributed by atoms with Crippen LogP contribution in [-0.2, 0) is 4.74 Å². The molecule has 0 amide bonds. The summed E-state index contributed by atoms with van der Waals surface area (Å²) in [6.07, 6.45) is 4.05. The highest BCUT2D eigenvalue weighted by atomic mass is 19.1. The third-order valence-electron chi connectivity index (χ3n) is 4.01. The van der Waals surface area contributed by atoms with Crippen LogP contribution in [0, 0.1) is 17.7 Å². The van der Waals surface area contributed by atoms with Crippen LogP contribution >= 0.6 is 0 Å². The van der Waals surface area contributed by atoms with Crippen molar-refractivity contribution in [2.45, 2.75) is 26.1 Å². The molecule has 0 radical (unpaired) electrons. The van der Waals surface area contributed by atoms with Crippen LogP contribution in [0.25, 0.3) is 0 Å². The van der Waals surface area contributed by atoms with E-state index in [2.05, 4.69) is 16.8 Å². The Kier molecular flexibility index (Phi) is 5.11. The molecule has 2 heterocycles. The van der Waals surface area contributed by atoms with E-state index in [1.165, 1.54) is 12.1 Å². The molecule has 0 aliphatic carbocycles. The zero-order valence-corrected chi connectivity index (χ0v) is 14.2. The molecule has 1 aromatic heterocycles. The maximum Gasteiger partial charge on any atom is 0.152 e. The van der Waals surface area contributed by atoms with E-state index < -0.39 is 5.82 Å². The Morgan fingerprint density at radius 1 is 1.28 bits per heavy atom. The second kappa shape index (κ2) is 7.45. The normalized spacial score (nSPS) is 19.9. The van der Waals surface area contributed by atoms with Gasteiger partial charge >= 0.3 is 0 Å². The first-order valence-corrected chi connectivity index (χ1v) is 8.18.